The first-order valence-electron chi connectivity index (χ1n) is 8.50. The van der Waals surface area contributed by atoms with Crippen molar-refractivity contribution >= 4 is 23.5 Å². The van der Waals surface area contributed by atoms with Crippen LogP contribution in [0.3, 0.4) is 0 Å². The summed E-state index contributed by atoms with van der Waals surface area (Å²) in [5, 5.41) is 2.74. The maximum Gasteiger partial charge on any atom is 0.412 e. The second-order valence-corrected chi connectivity index (χ2v) is 7.62. The zero-order valence-corrected chi connectivity index (χ0v) is 15.4. The topological polar surface area (TPSA) is 47.6 Å². The highest BCUT2D eigenvalue weighted by molar-refractivity contribution is 7.99. The molecule has 1 aliphatic heterocycles. The Morgan fingerprint density at radius 1 is 1.12 bits per heavy atom. The third-order valence-electron chi connectivity index (χ3n) is 4.04. The SMILES string of the molecule is CC1(C)OC(=O)Nc2cc(OCCCCSc3ccccc3)ccc21. The summed E-state index contributed by atoms with van der Waals surface area (Å²) in [7, 11) is 0. The molecule has 0 saturated heterocycles. The molecule has 0 aliphatic carbocycles. The molecule has 1 amide bonds. The number of unbranched alkanes of at least 4 members (excludes halogenated alkanes) is 1. The third-order valence-corrected chi connectivity index (χ3v) is 5.14. The molecule has 0 aromatic heterocycles. The molecule has 0 saturated carbocycles. The Morgan fingerprint density at radius 3 is 2.72 bits per heavy atom. The minimum Gasteiger partial charge on any atom is -0.494 e. The number of amides is 1. The number of thioether (sulfide) groups is 1. The van der Waals surface area contributed by atoms with E-state index in [1.807, 2.05) is 49.9 Å². The van der Waals surface area contributed by atoms with Crippen LogP contribution in [-0.4, -0.2) is 18.5 Å². The van der Waals surface area contributed by atoms with Gasteiger partial charge in [-0.25, -0.2) is 4.79 Å². The zero-order valence-electron chi connectivity index (χ0n) is 14.6. The Balaban J connectivity index is 1.45. The molecule has 2 aromatic rings. The number of carbonyl (C=O) groups excluding carboxylic acids is 1. The predicted octanol–water partition coefficient (Wildman–Crippen LogP) is 5.44. The molecule has 4 nitrogen and oxygen atoms in total. The molecule has 0 spiro atoms. The molecule has 1 heterocycles. The second kappa shape index (κ2) is 7.83. The van der Waals surface area contributed by atoms with Gasteiger partial charge in [-0.2, -0.15) is 0 Å². The summed E-state index contributed by atoms with van der Waals surface area (Å²) in [5.74, 6) is 1.85. The smallest absolute Gasteiger partial charge is 0.412 e. The summed E-state index contributed by atoms with van der Waals surface area (Å²) >= 11 is 1.87. The number of benzene rings is 2. The first kappa shape index (κ1) is 17.7. The average molecular weight is 357 g/mol. The Morgan fingerprint density at radius 2 is 1.92 bits per heavy atom. The molecule has 132 valence electrons. The van der Waals surface area contributed by atoms with Crippen molar-refractivity contribution < 1.29 is 14.3 Å². The molecule has 0 radical (unpaired) electrons. The Labute approximate surface area is 152 Å². The van der Waals surface area contributed by atoms with E-state index in [2.05, 4.69) is 29.6 Å². The molecular formula is C20H23NO3S. The van der Waals surface area contributed by atoms with Gasteiger partial charge in [0.05, 0.1) is 12.3 Å². The minimum atomic E-state index is -0.620. The van der Waals surface area contributed by atoms with Crippen molar-refractivity contribution in [3.05, 3.63) is 54.1 Å². The van der Waals surface area contributed by atoms with Gasteiger partial charge >= 0.3 is 6.09 Å². The van der Waals surface area contributed by atoms with Crippen molar-refractivity contribution in [1.82, 2.24) is 0 Å². The largest absolute Gasteiger partial charge is 0.494 e. The first-order chi connectivity index (χ1) is 12.0. The lowest BCUT2D eigenvalue weighted by Crippen LogP contribution is -2.34. The van der Waals surface area contributed by atoms with E-state index in [1.165, 1.54) is 4.90 Å². The molecule has 0 bridgehead atoms. The summed E-state index contributed by atoms with van der Waals surface area (Å²) < 4.78 is 11.1. The van der Waals surface area contributed by atoms with Crippen LogP contribution in [0.1, 0.15) is 32.3 Å². The number of rotatable bonds is 7. The highest BCUT2D eigenvalue weighted by Crippen LogP contribution is 2.37. The monoisotopic (exact) mass is 357 g/mol. The van der Waals surface area contributed by atoms with Gasteiger partial charge in [-0.1, -0.05) is 18.2 Å². The van der Waals surface area contributed by atoms with Crippen LogP contribution in [0.15, 0.2) is 53.4 Å². The van der Waals surface area contributed by atoms with Crippen LogP contribution < -0.4 is 10.1 Å². The van der Waals surface area contributed by atoms with E-state index in [1.54, 1.807) is 0 Å². The standard InChI is InChI=1S/C20H23NO3S/c1-20(2)17-11-10-15(14-18(17)21-19(22)24-20)23-12-6-7-13-25-16-8-4-3-5-9-16/h3-5,8-11,14H,6-7,12-13H2,1-2H3,(H,21,22). The van der Waals surface area contributed by atoms with Crippen LogP contribution in [0, 0.1) is 0 Å². The lowest BCUT2D eigenvalue weighted by Gasteiger charge is -2.32. The number of ether oxygens (including phenoxy) is 2. The van der Waals surface area contributed by atoms with Gasteiger partial charge in [0, 0.05) is 16.5 Å². The summed E-state index contributed by atoms with van der Waals surface area (Å²) in [6.45, 7) is 4.44. The molecule has 1 N–H and O–H groups in total. The Kier molecular flexibility index (Phi) is 5.53. The maximum atomic E-state index is 11.6. The zero-order chi connectivity index (χ0) is 17.7. The number of fused-ring (bicyclic) bond motifs is 1. The van der Waals surface area contributed by atoms with Crippen LogP contribution >= 0.6 is 11.8 Å². The second-order valence-electron chi connectivity index (χ2n) is 6.45. The van der Waals surface area contributed by atoms with Crippen LogP contribution in [0.2, 0.25) is 0 Å². The first-order valence-corrected chi connectivity index (χ1v) is 9.48. The van der Waals surface area contributed by atoms with E-state index >= 15 is 0 Å². The van der Waals surface area contributed by atoms with Crippen LogP contribution in [-0.2, 0) is 10.3 Å². The number of carbonyl (C=O) groups is 1. The maximum absolute atomic E-state index is 11.6. The third kappa shape index (κ3) is 4.69. The van der Waals surface area contributed by atoms with E-state index in [0.717, 1.165) is 35.6 Å². The van der Waals surface area contributed by atoms with Gasteiger partial charge in [-0.3, -0.25) is 5.32 Å². The van der Waals surface area contributed by atoms with Gasteiger partial charge in [-0.15, -0.1) is 11.8 Å². The number of cyclic esters (lactones) is 1. The van der Waals surface area contributed by atoms with Gasteiger partial charge in [0.25, 0.3) is 0 Å². The van der Waals surface area contributed by atoms with Gasteiger partial charge in [0.2, 0.25) is 0 Å². The average Bonchev–Trinajstić information content (AvgIpc) is 2.57. The van der Waals surface area contributed by atoms with Crippen molar-refractivity contribution in [2.24, 2.45) is 0 Å². The van der Waals surface area contributed by atoms with E-state index < -0.39 is 11.7 Å². The normalized spacial score (nSPS) is 15.0. The van der Waals surface area contributed by atoms with E-state index in [-0.39, 0.29) is 0 Å². The molecule has 5 heteroatoms. The molecule has 0 fully saturated rings. The highest BCUT2D eigenvalue weighted by atomic mass is 32.2. The summed E-state index contributed by atoms with van der Waals surface area (Å²) in [6, 6.07) is 16.2. The predicted molar refractivity (Wildman–Crippen MR) is 101 cm³/mol. The van der Waals surface area contributed by atoms with Crippen molar-refractivity contribution in [2.45, 2.75) is 37.2 Å². The summed E-state index contributed by atoms with van der Waals surface area (Å²) in [5.41, 5.74) is 1.10. The highest BCUT2D eigenvalue weighted by Gasteiger charge is 2.33. The van der Waals surface area contributed by atoms with Crippen molar-refractivity contribution in [3.63, 3.8) is 0 Å². The number of hydrogen-bond acceptors (Lipinski definition) is 4. The minimum absolute atomic E-state index is 0.424. The molecule has 0 unspecified atom stereocenters. The van der Waals surface area contributed by atoms with Crippen molar-refractivity contribution in [1.29, 1.82) is 0 Å². The Hall–Kier alpha value is -2.14. The summed E-state index contributed by atoms with van der Waals surface area (Å²) in [4.78, 5) is 12.9. The number of anilines is 1. The molecule has 0 atom stereocenters. The lowest BCUT2D eigenvalue weighted by atomic mass is 9.95. The van der Waals surface area contributed by atoms with Crippen molar-refractivity contribution in [3.8, 4) is 5.75 Å². The van der Waals surface area contributed by atoms with E-state index in [4.69, 9.17) is 9.47 Å². The lowest BCUT2D eigenvalue weighted by molar-refractivity contribution is 0.0420. The fourth-order valence-corrected chi connectivity index (χ4v) is 3.70. The fourth-order valence-electron chi connectivity index (χ4n) is 2.76. The fraction of sp³-hybridized carbons (Fsp3) is 0.350. The molecule has 25 heavy (non-hydrogen) atoms. The van der Waals surface area contributed by atoms with Crippen LogP contribution in [0.5, 0.6) is 5.75 Å². The summed E-state index contributed by atoms with van der Waals surface area (Å²) in [6.07, 6.45) is 1.67. The van der Waals surface area contributed by atoms with Gasteiger partial charge in [0.1, 0.15) is 11.4 Å². The van der Waals surface area contributed by atoms with Gasteiger partial charge in [-0.05, 0) is 56.7 Å². The molecule has 2 aromatic carbocycles. The van der Waals surface area contributed by atoms with Gasteiger partial charge < -0.3 is 9.47 Å². The molecule has 1 aliphatic rings. The van der Waals surface area contributed by atoms with Crippen LogP contribution in [0.4, 0.5) is 10.5 Å². The Bertz CT molecular complexity index is 731. The molecular weight excluding hydrogens is 334 g/mol. The number of nitrogens with one attached hydrogen (secondary N) is 1. The van der Waals surface area contributed by atoms with Crippen molar-refractivity contribution in [2.75, 3.05) is 17.7 Å². The molecule has 3 rings (SSSR count). The van der Waals surface area contributed by atoms with Gasteiger partial charge in [0.15, 0.2) is 0 Å². The van der Waals surface area contributed by atoms with Crippen LogP contribution in [0.25, 0.3) is 0 Å². The van der Waals surface area contributed by atoms with E-state index in [9.17, 15) is 4.79 Å². The quantitative estimate of drug-likeness (QED) is 0.530. The van der Waals surface area contributed by atoms with E-state index in [0.29, 0.717) is 6.61 Å². The number of hydrogen-bond donors (Lipinski definition) is 1.